The number of furan rings is 1. The molecule has 0 aliphatic heterocycles. The van der Waals surface area contributed by atoms with Crippen LogP contribution in [0.1, 0.15) is 16.1 Å². The number of aryl methyl sites for hydroxylation is 1. The Morgan fingerprint density at radius 2 is 1.74 bits per heavy atom. The zero-order chi connectivity index (χ0) is 18.8. The minimum absolute atomic E-state index is 0.268. The zero-order valence-electron chi connectivity index (χ0n) is 14.4. The van der Waals surface area contributed by atoms with Crippen LogP contribution in [-0.2, 0) is 0 Å². The van der Waals surface area contributed by atoms with Crippen molar-refractivity contribution >= 4 is 34.2 Å². The van der Waals surface area contributed by atoms with Crippen LogP contribution in [0.2, 0.25) is 5.02 Å². The Morgan fingerprint density at radius 1 is 1.04 bits per heavy atom. The second-order valence-corrected chi connectivity index (χ2v) is 6.40. The van der Waals surface area contributed by atoms with Gasteiger partial charge in [0.05, 0.1) is 0 Å². The van der Waals surface area contributed by atoms with E-state index in [4.69, 9.17) is 20.8 Å². The second kappa shape index (κ2) is 7.13. The molecular formula is C21H15ClN2O3. The van der Waals surface area contributed by atoms with Gasteiger partial charge in [0, 0.05) is 34.1 Å². The molecule has 4 rings (SSSR count). The van der Waals surface area contributed by atoms with Crippen LogP contribution in [0.25, 0.3) is 11.0 Å². The Labute approximate surface area is 160 Å². The summed E-state index contributed by atoms with van der Waals surface area (Å²) in [5, 5.41) is 4.26. The number of halogens is 1. The molecule has 5 nitrogen and oxygen atoms in total. The van der Waals surface area contributed by atoms with Gasteiger partial charge in [0.2, 0.25) is 0 Å². The van der Waals surface area contributed by atoms with E-state index < -0.39 is 0 Å². The average Bonchev–Trinajstić information content (AvgIpc) is 3.00. The van der Waals surface area contributed by atoms with Gasteiger partial charge in [0.25, 0.3) is 5.91 Å². The van der Waals surface area contributed by atoms with Crippen molar-refractivity contribution < 1.29 is 13.9 Å². The lowest BCUT2D eigenvalue weighted by Gasteiger charge is -2.07. The van der Waals surface area contributed by atoms with E-state index in [1.807, 2.05) is 6.92 Å². The molecule has 0 spiro atoms. The quantitative estimate of drug-likeness (QED) is 0.485. The predicted molar refractivity (Wildman–Crippen MR) is 105 cm³/mol. The molecule has 4 aromatic rings. The third-order valence-corrected chi connectivity index (χ3v) is 4.34. The standard InChI is InChI=1S/C21H15ClN2O3/c1-13-18-12-14(22)2-7-19(18)27-20(13)21(25)24-15-3-5-16(6-4-15)26-17-8-10-23-11-9-17/h2-12H,1H3,(H,24,25). The minimum Gasteiger partial charge on any atom is -0.457 e. The van der Waals surface area contributed by atoms with Crippen LogP contribution < -0.4 is 10.1 Å². The monoisotopic (exact) mass is 378 g/mol. The molecule has 27 heavy (non-hydrogen) atoms. The molecule has 0 atom stereocenters. The van der Waals surface area contributed by atoms with Gasteiger partial charge < -0.3 is 14.5 Å². The number of aromatic nitrogens is 1. The maximum Gasteiger partial charge on any atom is 0.291 e. The third kappa shape index (κ3) is 3.64. The summed E-state index contributed by atoms with van der Waals surface area (Å²) in [6.45, 7) is 1.84. The first-order chi connectivity index (χ1) is 13.1. The Bertz CT molecular complexity index is 1110. The van der Waals surface area contributed by atoms with E-state index >= 15 is 0 Å². The summed E-state index contributed by atoms with van der Waals surface area (Å²) < 4.78 is 11.4. The molecule has 0 unspecified atom stereocenters. The van der Waals surface area contributed by atoms with Gasteiger partial charge in [0.1, 0.15) is 17.1 Å². The third-order valence-electron chi connectivity index (χ3n) is 4.10. The average molecular weight is 379 g/mol. The van der Waals surface area contributed by atoms with E-state index in [0.29, 0.717) is 27.8 Å². The molecule has 2 aromatic carbocycles. The highest BCUT2D eigenvalue weighted by Gasteiger charge is 2.18. The highest BCUT2D eigenvalue weighted by Crippen LogP contribution is 2.29. The van der Waals surface area contributed by atoms with Crippen molar-refractivity contribution in [3.8, 4) is 11.5 Å². The molecule has 134 valence electrons. The first kappa shape index (κ1) is 17.1. The predicted octanol–water partition coefficient (Wildman–Crippen LogP) is 5.83. The summed E-state index contributed by atoms with van der Waals surface area (Å²) in [5.41, 5.74) is 2.02. The van der Waals surface area contributed by atoms with Gasteiger partial charge in [-0.3, -0.25) is 9.78 Å². The van der Waals surface area contributed by atoms with Crippen LogP contribution in [0.3, 0.4) is 0 Å². The van der Waals surface area contributed by atoms with Crippen molar-refractivity contribution in [2.75, 3.05) is 5.32 Å². The van der Waals surface area contributed by atoms with Gasteiger partial charge in [-0.15, -0.1) is 0 Å². The first-order valence-corrected chi connectivity index (χ1v) is 8.66. The lowest BCUT2D eigenvalue weighted by molar-refractivity contribution is 0.0998. The highest BCUT2D eigenvalue weighted by molar-refractivity contribution is 6.31. The number of amides is 1. The number of pyridine rings is 1. The number of hydrogen-bond donors (Lipinski definition) is 1. The SMILES string of the molecule is Cc1c(C(=O)Nc2ccc(Oc3ccncc3)cc2)oc2ccc(Cl)cc12. The molecule has 0 aliphatic carbocycles. The molecular weight excluding hydrogens is 364 g/mol. The number of ether oxygens (including phenoxy) is 1. The lowest BCUT2D eigenvalue weighted by atomic mass is 10.1. The van der Waals surface area contributed by atoms with E-state index in [2.05, 4.69) is 10.3 Å². The number of nitrogens with one attached hydrogen (secondary N) is 1. The van der Waals surface area contributed by atoms with Crippen LogP contribution in [0.5, 0.6) is 11.5 Å². The van der Waals surface area contributed by atoms with Gasteiger partial charge in [-0.2, -0.15) is 0 Å². The number of carbonyl (C=O) groups excluding carboxylic acids is 1. The number of carbonyl (C=O) groups is 1. The van der Waals surface area contributed by atoms with Gasteiger partial charge in [-0.25, -0.2) is 0 Å². The van der Waals surface area contributed by atoms with Crippen LogP contribution in [0.4, 0.5) is 5.69 Å². The van der Waals surface area contributed by atoms with Crippen molar-refractivity contribution in [3.05, 3.63) is 83.3 Å². The molecule has 0 fully saturated rings. The number of hydrogen-bond acceptors (Lipinski definition) is 4. The minimum atomic E-state index is -0.317. The van der Waals surface area contributed by atoms with Crippen LogP contribution in [0, 0.1) is 6.92 Å². The summed E-state index contributed by atoms with van der Waals surface area (Å²) in [4.78, 5) is 16.5. The Balaban J connectivity index is 1.50. The zero-order valence-corrected chi connectivity index (χ0v) is 15.2. The van der Waals surface area contributed by atoms with Gasteiger partial charge >= 0.3 is 0 Å². The van der Waals surface area contributed by atoms with Crippen molar-refractivity contribution in [2.24, 2.45) is 0 Å². The topological polar surface area (TPSA) is 64.4 Å². The fraction of sp³-hybridized carbons (Fsp3) is 0.0476. The Hall–Kier alpha value is -3.31. The van der Waals surface area contributed by atoms with E-state index in [9.17, 15) is 4.79 Å². The normalized spacial score (nSPS) is 10.7. The summed E-state index contributed by atoms with van der Waals surface area (Å²) in [7, 11) is 0. The summed E-state index contributed by atoms with van der Waals surface area (Å²) >= 11 is 6.02. The molecule has 0 saturated carbocycles. The molecule has 0 radical (unpaired) electrons. The van der Waals surface area contributed by atoms with Crippen molar-refractivity contribution in [3.63, 3.8) is 0 Å². The number of anilines is 1. The fourth-order valence-electron chi connectivity index (χ4n) is 2.75. The number of benzene rings is 2. The van der Waals surface area contributed by atoms with Crippen LogP contribution >= 0.6 is 11.6 Å². The molecule has 1 amide bonds. The molecule has 0 aliphatic rings. The maximum atomic E-state index is 12.6. The van der Waals surface area contributed by atoms with Gasteiger partial charge in [-0.1, -0.05) is 11.6 Å². The number of rotatable bonds is 4. The molecule has 6 heteroatoms. The van der Waals surface area contributed by atoms with E-state index in [1.165, 1.54) is 0 Å². The first-order valence-electron chi connectivity index (χ1n) is 8.28. The van der Waals surface area contributed by atoms with Crippen LogP contribution in [0.15, 0.2) is 71.4 Å². The molecule has 0 saturated heterocycles. The highest BCUT2D eigenvalue weighted by atomic mass is 35.5. The Kier molecular flexibility index (Phi) is 4.52. The number of nitrogens with zero attached hydrogens (tertiary/aromatic N) is 1. The van der Waals surface area contributed by atoms with E-state index in [1.54, 1.807) is 67.0 Å². The van der Waals surface area contributed by atoms with Crippen LogP contribution in [-0.4, -0.2) is 10.9 Å². The molecule has 2 heterocycles. The molecule has 2 aromatic heterocycles. The maximum absolute atomic E-state index is 12.6. The Morgan fingerprint density at radius 3 is 2.48 bits per heavy atom. The summed E-state index contributed by atoms with van der Waals surface area (Å²) in [5.74, 6) is 1.30. The largest absolute Gasteiger partial charge is 0.457 e. The van der Waals surface area contributed by atoms with E-state index in [0.717, 1.165) is 10.9 Å². The van der Waals surface area contributed by atoms with Gasteiger partial charge in [0.15, 0.2) is 5.76 Å². The summed E-state index contributed by atoms with van der Waals surface area (Å²) in [6, 6.07) is 15.9. The van der Waals surface area contributed by atoms with Crippen molar-refractivity contribution in [1.29, 1.82) is 0 Å². The molecule has 0 bridgehead atoms. The van der Waals surface area contributed by atoms with Crippen molar-refractivity contribution in [2.45, 2.75) is 6.92 Å². The molecule has 1 N–H and O–H groups in total. The van der Waals surface area contributed by atoms with E-state index in [-0.39, 0.29) is 11.7 Å². The van der Waals surface area contributed by atoms with Crippen molar-refractivity contribution in [1.82, 2.24) is 4.98 Å². The second-order valence-electron chi connectivity index (χ2n) is 5.96. The fourth-order valence-corrected chi connectivity index (χ4v) is 2.92. The number of fused-ring (bicyclic) bond motifs is 1. The van der Waals surface area contributed by atoms with Gasteiger partial charge in [-0.05, 0) is 61.5 Å². The summed E-state index contributed by atoms with van der Waals surface area (Å²) in [6.07, 6.45) is 3.32. The lowest BCUT2D eigenvalue weighted by Crippen LogP contribution is -2.11. The smallest absolute Gasteiger partial charge is 0.291 e.